The Morgan fingerprint density at radius 3 is 2.61 bits per heavy atom. The number of carbonyl (C=O) groups excluding carboxylic acids is 1. The molecule has 0 saturated carbocycles. The second kappa shape index (κ2) is 10.6. The fraction of sp³-hybridized carbons (Fsp3) is 0.333. The van der Waals surface area contributed by atoms with Crippen LogP contribution in [0.15, 0.2) is 62.0 Å². The van der Waals surface area contributed by atoms with E-state index in [0.29, 0.717) is 41.2 Å². The molecule has 0 aliphatic carbocycles. The van der Waals surface area contributed by atoms with Crippen molar-refractivity contribution in [3.05, 3.63) is 58.4 Å². The second-order valence-electron chi connectivity index (χ2n) is 7.17. The molecule has 1 fully saturated rings. The van der Waals surface area contributed by atoms with Crippen LogP contribution in [0.4, 0.5) is 11.6 Å². The Balaban J connectivity index is 1.61. The van der Waals surface area contributed by atoms with Gasteiger partial charge in [0, 0.05) is 19.2 Å². The third-order valence-electron chi connectivity index (χ3n) is 4.96. The Bertz CT molecular complexity index is 1080. The maximum absolute atomic E-state index is 12.6. The summed E-state index contributed by atoms with van der Waals surface area (Å²) in [7, 11) is 0. The Hall–Kier alpha value is -3.17. The van der Waals surface area contributed by atoms with Crippen LogP contribution in [-0.4, -0.2) is 55.6 Å². The Kier molecular flexibility index (Phi) is 7.41. The van der Waals surface area contributed by atoms with Crippen LogP contribution in [0.3, 0.4) is 0 Å². The van der Waals surface area contributed by atoms with E-state index in [9.17, 15) is 9.90 Å². The van der Waals surface area contributed by atoms with E-state index in [1.165, 1.54) is 11.8 Å². The van der Waals surface area contributed by atoms with Crippen LogP contribution < -0.4 is 9.64 Å². The molecule has 0 bridgehead atoms. The number of furan rings is 1. The molecule has 0 radical (unpaired) electrons. The maximum atomic E-state index is 12.6. The Morgan fingerprint density at radius 1 is 1.15 bits per heavy atom. The van der Waals surface area contributed by atoms with Gasteiger partial charge in [0.2, 0.25) is 0 Å². The normalized spacial score (nSPS) is 18.9. The number of aliphatic hydroxyl groups excluding tert-OH is 1. The number of carbonyl (C=O) groups is 1. The summed E-state index contributed by atoms with van der Waals surface area (Å²) in [6, 6.07) is 10.9. The van der Waals surface area contributed by atoms with Crippen LogP contribution in [0.2, 0.25) is 0 Å². The van der Waals surface area contributed by atoms with Gasteiger partial charge in [-0.3, -0.25) is 0 Å². The summed E-state index contributed by atoms with van der Waals surface area (Å²) in [6.45, 7) is 7.23. The first-order valence-corrected chi connectivity index (χ1v) is 11.7. The molecule has 33 heavy (non-hydrogen) atoms. The zero-order valence-corrected chi connectivity index (χ0v) is 19.4. The number of anilines is 1. The molecule has 4 rings (SSSR count). The summed E-state index contributed by atoms with van der Waals surface area (Å²) < 4.78 is 21.9. The van der Waals surface area contributed by atoms with Crippen molar-refractivity contribution in [1.29, 1.82) is 0 Å². The quantitative estimate of drug-likeness (QED) is 0.582. The zero-order chi connectivity index (χ0) is 23.2. The number of benzene rings is 1. The number of esters is 1. The lowest BCUT2D eigenvalue weighted by molar-refractivity contribution is -0.138. The molecule has 0 amide bonds. The molecular weight excluding hydrogens is 444 g/mol. The van der Waals surface area contributed by atoms with Gasteiger partial charge in [-0.1, -0.05) is 11.8 Å². The highest BCUT2D eigenvalue weighted by atomic mass is 32.2. The predicted octanol–water partition coefficient (Wildman–Crippen LogP) is 4.71. The van der Waals surface area contributed by atoms with E-state index in [0.717, 1.165) is 24.7 Å². The summed E-state index contributed by atoms with van der Waals surface area (Å²) >= 11 is 1.19. The van der Waals surface area contributed by atoms with E-state index in [-0.39, 0.29) is 17.9 Å². The number of hydrogen-bond acceptors (Lipinski definition) is 9. The van der Waals surface area contributed by atoms with Crippen molar-refractivity contribution in [3.8, 4) is 5.75 Å². The number of hydrogen-bond donors (Lipinski definition) is 1. The number of aliphatic imine (C=N–C) groups is 1. The van der Waals surface area contributed by atoms with Crippen molar-refractivity contribution in [1.82, 2.24) is 0 Å². The zero-order valence-electron chi connectivity index (χ0n) is 18.6. The van der Waals surface area contributed by atoms with Gasteiger partial charge in [-0.15, -0.1) is 0 Å². The van der Waals surface area contributed by atoms with Crippen molar-refractivity contribution >= 4 is 40.4 Å². The van der Waals surface area contributed by atoms with Crippen LogP contribution in [-0.2, 0) is 14.3 Å². The monoisotopic (exact) mass is 470 g/mol. The van der Waals surface area contributed by atoms with Gasteiger partial charge in [-0.05, 0) is 50.3 Å². The third kappa shape index (κ3) is 5.43. The molecule has 9 heteroatoms. The first kappa shape index (κ1) is 23.0. The number of ether oxygens (including phenoxy) is 3. The molecule has 1 aromatic heterocycles. The highest BCUT2D eigenvalue weighted by molar-refractivity contribution is 8.18. The largest absolute Gasteiger partial charge is 0.506 e. The lowest BCUT2D eigenvalue weighted by Crippen LogP contribution is -2.35. The van der Waals surface area contributed by atoms with Crippen LogP contribution in [0.1, 0.15) is 19.6 Å². The van der Waals surface area contributed by atoms with Gasteiger partial charge in [-0.2, -0.15) is 0 Å². The van der Waals surface area contributed by atoms with Crippen molar-refractivity contribution < 1.29 is 28.5 Å². The van der Waals surface area contributed by atoms with E-state index >= 15 is 0 Å². The first-order chi connectivity index (χ1) is 16.1. The Labute approximate surface area is 196 Å². The smallest absolute Gasteiger partial charge is 0.344 e. The molecule has 1 aromatic carbocycles. The van der Waals surface area contributed by atoms with E-state index in [2.05, 4.69) is 9.89 Å². The van der Waals surface area contributed by atoms with Crippen LogP contribution in [0.25, 0.3) is 6.08 Å². The fourth-order valence-corrected chi connectivity index (χ4v) is 4.41. The van der Waals surface area contributed by atoms with E-state index in [1.54, 1.807) is 25.1 Å². The van der Waals surface area contributed by atoms with Crippen molar-refractivity contribution in [2.45, 2.75) is 13.8 Å². The number of nitrogens with zero attached hydrogens (tertiary/aromatic N) is 2. The highest BCUT2D eigenvalue weighted by Crippen LogP contribution is 2.40. The molecule has 0 spiro atoms. The molecular formula is C24H26N2O6S. The number of rotatable bonds is 7. The number of morpholine rings is 1. The predicted molar refractivity (Wildman–Crippen MR) is 128 cm³/mol. The van der Waals surface area contributed by atoms with Crippen LogP contribution >= 0.6 is 11.8 Å². The molecule has 2 aliphatic rings. The maximum Gasteiger partial charge on any atom is 0.344 e. The summed E-state index contributed by atoms with van der Waals surface area (Å²) in [4.78, 5) is 19.7. The summed E-state index contributed by atoms with van der Waals surface area (Å²) in [5.74, 6) is 1.25. The van der Waals surface area contributed by atoms with Crippen molar-refractivity contribution in [3.63, 3.8) is 0 Å². The van der Waals surface area contributed by atoms with E-state index in [4.69, 9.17) is 18.6 Å². The lowest BCUT2D eigenvalue weighted by Gasteiger charge is -2.26. The fourth-order valence-electron chi connectivity index (χ4n) is 3.40. The first-order valence-electron chi connectivity index (χ1n) is 10.8. The minimum absolute atomic E-state index is 0.0435. The second-order valence-corrected chi connectivity index (χ2v) is 8.20. The lowest BCUT2D eigenvalue weighted by atomic mass is 10.2. The molecule has 1 saturated heterocycles. The molecule has 2 aromatic rings. The summed E-state index contributed by atoms with van der Waals surface area (Å²) in [5.41, 5.74) is 0.673. The van der Waals surface area contributed by atoms with Gasteiger partial charge in [0.25, 0.3) is 0 Å². The van der Waals surface area contributed by atoms with Gasteiger partial charge >= 0.3 is 5.97 Å². The molecule has 0 atom stereocenters. The van der Waals surface area contributed by atoms with E-state index < -0.39 is 5.97 Å². The SMILES string of the molecule is CCOC(=O)C1=C(O)/C(=C/c2ccc(N3CCOCC3)o2)SC1=Nc1ccc(OCC)cc1. The minimum atomic E-state index is -0.621. The van der Waals surface area contributed by atoms with Crippen LogP contribution in [0.5, 0.6) is 5.75 Å². The van der Waals surface area contributed by atoms with Crippen molar-refractivity contribution in [2.24, 2.45) is 4.99 Å². The minimum Gasteiger partial charge on any atom is -0.506 e. The van der Waals surface area contributed by atoms with Crippen LogP contribution in [0, 0.1) is 0 Å². The molecule has 2 aliphatic heterocycles. The third-order valence-corrected chi connectivity index (χ3v) is 5.98. The molecule has 8 nitrogen and oxygen atoms in total. The summed E-state index contributed by atoms with van der Waals surface area (Å²) in [5, 5.41) is 11.2. The molecule has 174 valence electrons. The Morgan fingerprint density at radius 2 is 1.91 bits per heavy atom. The van der Waals surface area contributed by atoms with E-state index in [1.807, 2.05) is 31.2 Å². The van der Waals surface area contributed by atoms with Crippen molar-refractivity contribution in [2.75, 3.05) is 44.4 Å². The van der Waals surface area contributed by atoms with Gasteiger partial charge in [0.15, 0.2) is 5.88 Å². The molecule has 0 unspecified atom stereocenters. The highest BCUT2D eigenvalue weighted by Gasteiger charge is 2.33. The topological polar surface area (TPSA) is 93.7 Å². The molecule has 3 heterocycles. The van der Waals surface area contributed by atoms with Gasteiger partial charge < -0.3 is 28.6 Å². The average Bonchev–Trinajstić information content (AvgIpc) is 3.41. The van der Waals surface area contributed by atoms with Gasteiger partial charge in [0.1, 0.15) is 27.9 Å². The molecule has 1 N–H and O–H groups in total. The summed E-state index contributed by atoms with van der Waals surface area (Å²) in [6.07, 6.45) is 1.70. The average molecular weight is 471 g/mol. The van der Waals surface area contributed by atoms with Gasteiger partial charge in [-0.25, -0.2) is 9.79 Å². The standard InChI is InChI=1S/C24H26N2O6S/c1-3-30-17-7-5-16(6-8-17)25-23-21(24(28)31-4-2)22(27)19(33-23)15-18-9-10-20(32-18)26-11-13-29-14-12-26/h5-10,15,27H,3-4,11-14H2,1-2H3/b19-15-,25-23?. The number of thioether (sulfide) groups is 1. The number of aliphatic hydroxyl groups is 1. The van der Waals surface area contributed by atoms with Gasteiger partial charge in [0.05, 0.1) is 37.0 Å².